The molecule has 2 aromatic carbocycles. The average molecular weight is 342 g/mol. The lowest BCUT2D eigenvalue weighted by molar-refractivity contribution is 0.413. The minimum Gasteiger partial charge on any atom is -0.497 e. The first-order valence-electron chi connectivity index (χ1n) is 5.44. The molecule has 100 valence electrons. The van der Waals surface area contributed by atoms with Gasteiger partial charge >= 0.3 is 0 Å². The van der Waals surface area contributed by atoms with Gasteiger partial charge in [-0.05, 0) is 40.2 Å². The summed E-state index contributed by atoms with van der Waals surface area (Å²) in [6.07, 6.45) is 0. The number of sulfonamides is 1. The van der Waals surface area contributed by atoms with Gasteiger partial charge in [-0.15, -0.1) is 0 Å². The third-order valence-corrected chi connectivity index (χ3v) is 4.52. The normalized spacial score (nSPS) is 11.1. The van der Waals surface area contributed by atoms with Gasteiger partial charge in [0.1, 0.15) is 5.75 Å². The summed E-state index contributed by atoms with van der Waals surface area (Å²) in [6, 6.07) is 13.3. The van der Waals surface area contributed by atoms with Crippen LogP contribution in [0.15, 0.2) is 57.9 Å². The Kier molecular flexibility index (Phi) is 4.11. The summed E-state index contributed by atoms with van der Waals surface area (Å²) in [5.41, 5.74) is 0.491. The third kappa shape index (κ3) is 3.27. The van der Waals surface area contributed by atoms with Crippen molar-refractivity contribution in [2.75, 3.05) is 11.8 Å². The fourth-order valence-electron chi connectivity index (χ4n) is 1.52. The molecule has 0 saturated heterocycles. The van der Waals surface area contributed by atoms with E-state index >= 15 is 0 Å². The van der Waals surface area contributed by atoms with Crippen LogP contribution in [0.2, 0.25) is 0 Å². The van der Waals surface area contributed by atoms with Gasteiger partial charge < -0.3 is 4.74 Å². The smallest absolute Gasteiger partial charge is 0.262 e. The highest BCUT2D eigenvalue weighted by Crippen LogP contribution is 2.25. The van der Waals surface area contributed by atoms with Crippen molar-refractivity contribution in [2.45, 2.75) is 4.90 Å². The first-order chi connectivity index (χ1) is 9.03. The number of rotatable bonds is 4. The zero-order valence-corrected chi connectivity index (χ0v) is 12.5. The second-order valence-corrected chi connectivity index (χ2v) is 6.30. The molecule has 6 heteroatoms. The molecule has 2 aromatic rings. The minimum atomic E-state index is -3.63. The summed E-state index contributed by atoms with van der Waals surface area (Å²) in [4.78, 5) is 0.155. The Bertz CT molecular complexity index is 686. The SMILES string of the molecule is COc1cccc(S(=O)(=O)Nc2ccccc2Br)c1. The first kappa shape index (κ1) is 13.9. The molecule has 0 heterocycles. The molecule has 1 N–H and O–H groups in total. The van der Waals surface area contributed by atoms with Crippen LogP contribution in [-0.2, 0) is 10.0 Å². The van der Waals surface area contributed by atoms with Gasteiger partial charge in [-0.1, -0.05) is 18.2 Å². The minimum absolute atomic E-state index is 0.155. The van der Waals surface area contributed by atoms with Crippen LogP contribution in [0.25, 0.3) is 0 Å². The van der Waals surface area contributed by atoms with Gasteiger partial charge in [0.15, 0.2) is 0 Å². The van der Waals surface area contributed by atoms with Crippen LogP contribution < -0.4 is 9.46 Å². The second-order valence-electron chi connectivity index (χ2n) is 3.76. The summed E-state index contributed by atoms with van der Waals surface area (Å²) in [6.45, 7) is 0. The Morgan fingerprint density at radius 2 is 1.84 bits per heavy atom. The van der Waals surface area contributed by atoms with Crippen molar-refractivity contribution in [3.63, 3.8) is 0 Å². The molecule has 4 nitrogen and oxygen atoms in total. The summed E-state index contributed by atoms with van der Waals surface area (Å²) < 4.78 is 32.7. The number of para-hydroxylation sites is 1. The van der Waals surface area contributed by atoms with Crippen molar-refractivity contribution < 1.29 is 13.2 Å². The number of benzene rings is 2. The Hall–Kier alpha value is -1.53. The van der Waals surface area contributed by atoms with Crippen LogP contribution in [0.3, 0.4) is 0 Å². The van der Waals surface area contributed by atoms with Crippen molar-refractivity contribution in [3.05, 3.63) is 53.0 Å². The summed E-state index contributed by atoms with van der Waals surface area (Å²) in [5, 5.41) is 0. The van der Waals surface area contributed by atoms with Crippen molar-refractivity contribution in [2.24, 2.45) is 0 Å². The van der Waals surface area contributed by atoms with E-state index in [1.165, 1.54) is 19.2 Å². The number of halogens is 1. The predicted octanol–water partition coefficient (Wildman–Crippen LogP) is 3.26. The van der Waals surface area contributed by atoms with E-state index in [2.05, 4.69) is 20.7 Å². The summed E-state index contributed by atoms with van der Waals surface area (Å²) in [7, 11) is -2.14. The van der Waals surface area contributed by atoms with E-state index in [1.54, 1.807) is 30.3 Å². The van der Waals surface area contributed by atoms with E-state index in [0.717, 1.165) is 0 Å². The number of anilines is 1. The molecule has 0 spiro atoms. The molecule has 0 aromatic heterocycles. The molecule has 0 amide bonds. The number of nitrogens with one attached hydrogen (secondary N) is 1. The molecule has 0 bridgehead atoms. The van der Waals surface area contributed by atoms with E-state index in [-0.39, 0.29) is 4.90 Å². The number of hydrogen-bond acceptors (Lipinski definition) is 3. The molecule has 0 aliphatic carbocycles. The molecule has 0 unspecified atom stereocenters. The van der Waals surface area contributed by atoms with E-state index in [4.69, 9.17) is 4.74 Å². The van der Waals surface area contributed by atoms with E-state index in [1.807, 2.05) is 6.07 Å². The Morgan fingerprint density at radius 1 is 1.11 bits per heavy atom. The van der Waals surface area contributed by atoms with Gasteiger partial charge in [-0.2, -0.15) is 0 Å². The molecule has 2 rings (SSSR count). The van der Waals surface area contributed by atoms with Gasteiger partial charge in [0.25, 0.3) is 10.0 Å². The van der Waals surface area contributed by atoms with Gasteiger partial charge in [-0.25, -0.2) is 8.42 Å². The van der Waals surface area contributed by atoms with E-state index in [0.29, 0.717) is 15.9 Å². The maximum absolute atomic E-state index is 12.2. The van der Waals surface area contributed by atoms with Gasteiger partial charge in [-0.3, -0.25) is 4.72 Å². The molecular weight excluding hydrogens is 330 g/mol. The summed E-state index contributed by atoms with van der Waals surface area (Å²) >= 11 is 3.30. The zero-order chi connectivity index (χ0) is 13.9. The highest BCUT2D eigenvalue weighted by molar-refractivity contribution is 9.10. The molecule has 0 radical (unpaired) electrons. The molecule has 19 heavy (non-hydrogen) atoms. The lowest BCUT2D eigenvalue weighted by Crippen LogP contribution is -2.13. The largest absolute Gasteiger partial charge is 0.497 e. The van der Waals surface area contributed by atoms with Crippen molar-refractivity contribution in [3.8, 4) is 5.75 Å². The average Bonchev–Trinajstić information content (AvgIpc) is 2.41. The first-order valence-corrected chi connectivity index (χ1v) is 7.72. The topological polar surface area (TPSA) is 55.4 Å². The van der Waals surface area contributed by atoms with E-state index in [9.17, 15) is 8.42 Å². The zero-order valence-electron chi connectivity index (χ0n) is 10.1. The monoisotopic (exact) mass is 341 g/mol. The molecule has 0 aliphatic rings. The van der Waals surface area contributed by atoms with Crippen molar-refractivity contribution in [1.82, 2.24) is 0 Å². The number of methoxy groups -OCH3 is 1. The van der Waals surface area contributed by atoms with Crippen LogP contribution in [0, 0.1) is 0 Å². The summed E-state index contributed by atoms with van der Waals surface area (Å²) in [5.74, 6) is 0.495. The molecule has 0 atom stereocenters. The quantitative estimate of drug-likeness (QED) is 0.928. The maximum Gasteiger partial charge on any atom is 0.262 e. The van der Waals surface area contributed by atoms with Crippen molar-refractivity contribution in [1.29, 1.82) is 0 Å². The van der Waals surface area contributed by atoms with Crippen LogP contribution in [0.1, 0.15) is 0 Å². The maximum atomic E-state index is 12.2. The van der Waals surface area contributed by atoms with Gasteiger partial charge in [0, 0.05) is 10.5 Å². The Morgan fingerprint density at radius 3 is 2.53 bits per heavy atom. The van der Waals surface area contributed by atoms with Crippen LogP contribution in [0.4, 0.5) is 5.69 Å². The van der Waals surface area contributed by atoms with Gasteiger partial charge in [0.2, 0.25) is 0 Å². The van der Waals surface area contributed by atoms with Crippen LogP contribution in [0.5, 0.6) is 5.75 Å². The van der Waals surface area contributed by atoms with E-state index < -0.39 is 10.0 Å². The molecule has 0 aliphatic heterocycles. The van der Waals surface area contributed by atoms with Gasteiger partial charge in [0.05, 0.1) is 17.7 Å². The predicted molar refractivity (Wildman–Crippen MR) is 77.9 cm³/mol. The number of hydrogen-bond donors (Lipinski definition) is 1. The highest BCUT2D eigenvalue weighted by Gasteiger charge is 2.15. The standard InChI is InChI=1S/C13H12BrNO3S/c1-18-10-5-4-6-11(9-10)19(16,17)15-13-8-3-2-7-12(13)14/h2-9,15H,1H3. The lowest BCUT2D eigenvalue weighted by Gasteiger charge is -2.10. The lowest BCUT2D eigenvalue weighted by atomic mass is 10.3. The Labute approximate surface area is 120 Å². The second kappa shape index (κ2) is 5.63. The fraction of sp³-hybridized carbons (Fsp3) is 0.0769. The molecule has 0 saturated carbocycles. The highest BCUT2D eigenvalue weighted by atomic mass is 79.9. The Balaban J connectivity index is 2.35. The third-order valence-electron chi connectivity index (χ3n) is 2.47. The fourth-order valence-corrected chi connectivity index (χ4v) is 3.15. The molecular formula is C13H12BrNO3S. The van der Waals surface area contributed by atoms with Crippen LogP contribution >= 0.6 is 15.9 Å². The van der Waals surface area contributed by atoms with Crippen molar-refractivity contribution >= 4 is 31.6 Å². The van der Waals surface area contributed by atoms with Crippen LogP contribution in [-0.4, -0.2) is 15.5 Å². The molecule has 0 fully saturated rings. The number of ether oxygens (including phenoxy) is 1.